The fourth-order valence-corrected chi connectivity index (χ4v) is 14.5. The smallest absolute Gasteiger partial charge is 0.462 e. The molecule has 0 rings (SSSR count). The Kier molecular flexibility index (Phi) is 73.1. The lowest BCUT2D eigenvalue weighted by atomic mass is 10.0. The summed E-state index contributed by atoms with van der Waals surface area (Å²) >= 11 is 0. The van der Waals surface area contributed by atoms with Gasteiger partial charge in [-0.1, -0.05) is 388 Å². The SMILES string of the molecule is CCCCCCCCCCCCCCCCCCCC(=O)OC[C@H](COP(=O)(O)OC[C@@H](O)COP(=O)(O)OC[C@@H](COC(=O)CCCCCCCCCCCCC(C)C)OC(=O)CCCCCCCCCCCCCCCC)OC(=O)CCCCCCCCCCCCCCCCCC(C)C. The lowest BCUT2D eigenvalue weighted by Crippen LogP contribution is -2.30. The first-order valence-electron chi connectivity index (χ1n) is 43.0. The average Bonchev–Trinajstić information content (AvgIpc) is 0.964. The summed E-state index contributed by atoms with van der Waals surface area (Å²) in [5, 5.41) is 10.7. The van der Waals surface area contributed by atoms with Crippen LogP contribution >= 0.6 is 15.6 Å². The first-order chi connectivity index (χ1) is 49.4. The first kappa shape index (κ1) is 100. The minimum atomic E-state index is -4.96. The standard InChI is InChI=1S/C83H162O17P2/c1-7-9-11-13-15-17-19-21-23-24-27-31-34-41-47-53-59-65-80(85)93-71-78(99-83(88)68-62-56-50-44-36-32-28-25-26-29-33-39-45-51-57-63-75(3)4)73-97-101(89,90)95-69-77(84)70-96-102(91,92)98-74-79(72-94-81(86)66-60-54-48-42-38-37-40-46-52-58-64-76(5)6)100-82(87)67-61-55-49-43-35-30-22-20-18-16-14-12-10-8-2/h75-79,84H,7-74H2,1-6H3,(H,89,90)(H,91,92)/t77-,78-,79-/m1/s1. The summed E-state index contributed by atoms with van der Waals surface area (Å²) in [6.45, 7) is 9.68. The number of ether oxygens (including phenoxy) is 4. The van der Waals surface area contributed by atoms with Crippen molar-refractivity contribution >= 4 is 39.5 Å². The molecule has 0 amide bonds. The highest BCUT2D eigenvalue weighted by molar-refractivity contribution is 7.47. The average molecular weight is 1490 g/mol. The molecule has 2 unspecified atom stereocenters. The topological polar surface area (TPSA) is 237 Å². The first-order valence-corrected chi connectivity index (χ1v) is 46.0. The largest absolute Gasteiger partial charge is 0.472 e. The van der Waals surface area contributed by atoms with Crippen molar-refractivity contribution in [3.63, 3.8) is 0 Å². The maximum Gasteiger partial charge on any atom is 0.472 e. The Balaban J connectivity index is 5.26. The second-order valence-corrected chi connectivity index (χ2v) is 33.7. The summed E-state index contributed by atoms with van der Waals surface area (Å²) < 4.78 is 68.8. The normalized spacial score (nSPS) is 13.9. The van der Waals surface area contributed by atoms with Crippen molar-refractivity contribution in [3.8, 4) is 0 Å². The van der Waals surface area contributed by atoms with Crippen LogP contribution in [0.25, 0.3) is 0 Å². The van der Waals surface area contributed by atoms with E-state index < -0.39 is 97.5 Å². The Morgan fingerprint density at radius 1 is 0.265 bits per heavy atom. The number of hydrogen-bond acceptors (Lipinski definition) is 15. The van der Waals surface area contributed by atoms with Crippen LogP contribution in [0.1, 0.15) is 440 Å². The number of phosphoric acid groups is 2. The zero-order valence-electron chi connectivity index (χ0n) is 66.9. The van der Waals surface area contributed by atoms with E-state index in [1.54, 1.807) is 0 Å². The molecule has 5 atom stereocenters. The van der Waals surface area contributed by atoms with Crippen LogP contribution in [0, 0.1) is 11.8 Å². The number of rotatable bonds is 82. The van der Waals surface area contributed by atoms with Crippen molar-refractivity contribution in [2.75, 3.05) is 39.6 Å². The van der Waals surface area contributed by atoms with Gasteiger partial charge in [-0.2, -0.15) is 0 Å². The van der Waals surface area contributed by atoms with Crippen molar-refractivity contribution < 1.29 is 80.2 Å². The fraction of sp³-hybridized carbons (Fsp3) is 0.952. The van der Waals surface area contributed by atoms with Crippen molar-refractivity contribution in [2.24, 2.45) is 11.8 Å². The molecule has 0 saturated heterocycles. The van der Waals surface area contributed by atoms with Crippen molar-refractivity contribution in [3.05, 3.63) is 0 Å². The van der Waals surface area contributed by atoms with E-state index in [4.69, 9.17) is 37.0 Å². The van der Waals surface area contributed by atoms with Gasteiger partial charge in [-0.3, -0.25) is 37.3 Å². The van der Waals surface area contributed by atoms with E-state index in [1.807, 2.05) is 0 Å². The van der Waals surface area contributed by atoms with Gasteiger partial charge in [0.1, 0.15) is 19.3 Å². The summed E-state index contributed by atoms with van der Waals surface area (Å²) in [5.41, 5.74) is 0. The van der Waals surface area contributed by atoms with E-state index in [1.165, 1.54) is 257 Å². The van der Waals surface area contributed by atoms with E-state index >= 15 is 0 Å². The molecule has 0 saturated carbocycles. The lowest BCUT2D eigenvalue weighted by Gasteiger charge is -2.21. The number of unbranched alkanes of at least 4 members (excludes halogenated alkanes) is 52. The second-order valence-electron chi connectivity index (χ2n) is 30.8. The van der Waals surface area contributed by atoms with Gasteiger partial charge in [-0.25, -0.2) is 9.13 Å². The summed E-state index contributed by atoms with van der Waals surface area (Å²) in [6.07, 6.45) is 65.1. The fourth-order valence-electron chi connectivity index (χ4n) is 12.9. The molecule has 19 heteroatoms. The third kappa shape index (κ3) is 76.3. The van der Waals surface area contributed by atoms with Crippen molar-refractivity contribution in [1.29, 1.82) is 0 Å². The summed E-state index contributed by atoms with van der Waals surface area (Å²) in [5.74, 6) is -0.542. The Hall–Kier alpha value is -1.94. The molecule has 0 fully saturated rings. The Morgan fingerprint density at radius 2 is 0.451 bits per heavy atom. The van der Waals surface area contributed by atoms with Gasteiger partial charge in [0.2, 0.25) is 0 Å². The van der Waals surface area contributed by atoms with Gasteiger partial charge in [0.15, 0.2) is 12.2 Å². The molecule has 17 nitrogen and oxygen atoms in total. The predicted octanol–water partition coefficient (Wildman–Crippen LogP) is 25.1. The summed E-state index contributed by atoms with van der Waals surface area (Å²) in [7, 11) is -9.92. The molecule has 0 spiro atoms. The number of aliphatic hydroxyl groups is 1. The van der Waals surface area contributed by atoms with Gasteiger partial charge in [-0.05, 0) is 37.5 Å². The van der Waals surface area contributed by atoms with Crippen molar-refractivity contribution in [2.45, 2.75) is 458 Å². The molecule has 0 aliphatic heterocycles. The predicted molar refractivity (Wildman–Crippen MR) is 418 cm³/mol. The Labute approximate surface area is 626 Å². The number of carbonyl (C=O) groups is 4. The number of hydrogen-bond donors (Lipinski definition) is 3. The van der Waals surface area contributed by atoms with E-state index in [9.17, 15) is 43.2 Å². The quantitative estimate of drug-likeness (QED) is 0.0222. The van der Waals surface area contributed by atoms with Gasteiger partial charge in [-0.15, -0.1) is 0 Å². The molecule has 606 valence electrons. The summed E-state index contributed by atoms with van der Waals surface area (Å²) in [6, 6.07) is 0. The van der Waals surface area contributed by atoms with Crippen LogP contribution in [-0.4, -0.2) is 96.7 Å². The van der Waals surface area contributed by atoms with Gasteiger partial charge >= 0.3 is 39.5 Å². The highest BCUT2D eigenvalue weighted by Crippen LogP contribution is 2.45. The highest BCUT2D eigenvalue weighted by atomic mass is 31.2. The van der Waals surface area contributed by atoms with Gasteiger partial charge in [0, 0.05) is 25.7 Å². The zero-order valence-corrected chi connectivity index (χ0v) is 68.7. The maximum atomic E-state index is 13.1. The molecule has 102 heavy (non-hydrogen) atoms. The second kappa shape index (κ2) is 74.5. The number of esters is 4. The zero-order chi connectivity index (χ0) is 74.9. The molecule has 0 radical (unpaired) electrons. The maximum absolute atomic E-state index is 13.1. The van der Waals surface area contributed by atoms with Crippen LogP contribution in [0.4, 0.5) is 0 Å². The number of carbonyl (C=O) groups excluding carboxylic acids is 4. The molecule has 0 aliphatic carbocycles. The third-order valence-corrected chi connectivity index (χ3v) is 21.4. The van der Waals surface area contributed by atoms with Crippen LogP contribution in [0.15, 0.2) is 0 Å². The van der Waals surface area contributed by atoms with Crippen LogP contribution in [0.2, 0.25) is 0 Å². The van der Waals surface area contributed by atoms with Gasteiger partial charge in [0.25, 0.3) is 0 Å². The lowest BCUT2D eigenvalue weighted by molar-refractivity contribution is -0.161. The van der Waals surface area contributed by atoms with Crippen LogP contribution < -0.4 is 0 Å². The minimum Gasteiger partial charge on any atom is -0.462 e. The van der Waals surface area contributed by atoms with E-state index in [0.29, 0.717) is 25.7 Å². The molecule has 0 heterocycles. The Morgan fingerprint density at radius 3 is 0.667 bits per heavy atom. The molecule has 0 aromatic heterocycles. The molecule has 3 N–H and O–H groups in total. The van der Waals surface area contributed by atoms with Crippen LogP contribution in [-0.2, 0) is 65.4 Å². The molecule has 0 bridgehead atoms. The molecular formula is C83H162O17P2. The molecule has 0 aromatic rings. The van der Waals surface area contributed by atoms with Gasteiger partial charge < -0.3 is 33.8 Å². The van der Waals surface area contributed by atoms with E-state index in [2.05, 4.69) is 41.5 Å². The van der Waals surface area contributed by atoms with Gasteiger partial charge in [0.05, 0.1) is 26.4 Å². The Bertz CT molecular complexity index is 1960. The van der Waals surface area contributed by atoms with E-state index in [0.717, 1.165) is 102 Å². The third-order valence-electron chi connectivity index (χ3n) is 19.5. The number of aliphatic hydroxyl groups excluding tert-OH is 1. The van der Waals surface area contributed by atoms with Crippen LogP contribution in [0.5, 0.6) is 0 Å². The monoisotopic (exact) mass is 1490 g/mol. The summed E-state index contributed by atoms with van der Waals surface area (Å²) in [4.78, 5) is 73.2. The highest BCUT2D eigenvalue weighted by Gasteiger charge is 2.30. The van der Waals surface area contributed by atoms with Crippen LogP contribution in [0.3, 0.4) is 0 Å². The minimum absolute atomic E-state index is 0.108. The van der Waals surface area contributed by atoms with Crippen molar-refractivity contribution in [1.82, 2.24) is 0 Å². The molecule has 0 aliphatic rings. The number of phosphoric ester groups is 2. The van der Waals surface area contributed by atoms with E-state index in [-0.39, 0.29) is 25.7 Å². The molecular weight excluding hydrogens is 1330 g/mol. The molecule has 0 aromatic carbocycles.